The Hall–Kier alpha value is -2.29. The number of Topliss-reactive ketones (excluding diaryl/α,β-unsaturated/α-hetero) is 1. The first kappa shape index (κ1) is 17.1. The number of aliphatic hydroxyl groups excluding tert-OH is 1. The van der Waals surface area contributed by atoms with Crippen LogP contribution in [-0.4, -0.2) is 15.5 Å². The molecule has 0 aliphatic rings. The maximum absolute atomic E-state index is 12.3. The van der Waals surface area contributed by atoms with Crippen LogP contribution in [0.5, 0.6) is 0 Å². The van der Waals surface area contributed by atoms with E-state index in [0.29, 0.717) is 21.3 Å². The lowest BCUT2D eigenvalue weighted by molar-refractivity contribution is 0.0878. The minimum atomic E-state index is -0.947. The highest BCUT2D eigenvalue weighted by molar-refractivity contribution is 7.71. The fourth-order valence-electron chi connectivity index (χ4n) is 2.32. The van der Waals surface area contributed by atoms with Gasteiger partial charge in [0.25, 0.3) is 0 Å². The van der Waals surface area contributed by atoms with Crippen LogP contribution in [-0.2, 0) is 0 Å². The molecule has 0 radical (unpaired) electrons. The smallest absolute Gasteiger partial charge is 0.165 e. The number of carbonyl (C=O) groups excluding carboxylic acids is 1. The van der Waals surface area contributed by atoms with Gasteiger partial charge in [0.15, 0.2) is 5.78 Å². The molecule has 4 nitrogen and oxygen atoms in total. The number of nitrogens with zero attached hydrogens (tertiary/aromatic N) is 2. The summed E-state index contributed by atoms with van der Waals surface area (Å²) < 4.78 is 2.43. The van der Waals surface area contributed by atoms with Crippen molar-refractivity contribution in [2.24, 2.45) is 0 Å². The highest BCUT2D eigenvalue weighted by atomic mass is 32.1. The van der Waals surface area contributed by atoms with E-state index >= 15 is 0 Å². The highest BCUT2D eigenvalue weighted by Crippen LogP contribution is 2.22. The Morgan fingerprint density at radius 1 is 1.30 bits per heavy atom. The molecule has 0 saturated heterocycles. The van der Waals surface area contributed by atoms with Crippen molar-refractivity contribution in [1.82, 2.24) is 4.57 Å². The first-order chi connectivity index (χ1) is 10.9. The second-order valence-corrected chi connectivity index (χ2v) is 5.99. The van der Waals surface area contributed by atoms with Gasteiger partial charge in [-0.15, -0.1) is 0 Å². The van der Waals surface area contributed by atoms with Crippen molar-refractivity contribution in [3.63, 3.8) is 0 Å². The molecule has 5 heteroatoms. The maximum Gasteiger partial charge on any atom is 0.165 e. The zero-order chi connectivity index (χ0) is 17.0. The third kappa shape index (κ3) is 3.92. The summed E-state index contributed by atoms with van der Waals surface area (Å²) in [5.74, 6) is -0.184. The maximum atomic E-state index is 12.3. The largest absolute Gasteiger partial charge is 0.388 e. The number of ketones is 1. The molecule has 0 fully saturated rings. The Balaban J connectivity index is 2.20. The molecule has 1 atom stereocenters. The van der Waals surface area contributed by atoms with Crippen LogP contribution in [0.25, 0.3) is 0 Å². The van der Waals surface area contributed by atoms with Crippen LogP contribution in [0.4, 0.5) is 0 Å². The summed E-state index contributed by atoms with van der Waals surface area (Å²) in [6, 6.07) is 12.1. The molecule has 0 aliphatic heterocycles. The molecule has 1 aromatic heterocycles. The minimum absolute atomic E-state index is 0.0440. The Morgan fingerprint density at radius 3 is 2.52 bits per heavy atom. The van der Waals surface area contributed by atoms with E-state index in [-0.39, 0.29) is 18.2 Å². The van der Waals surface area contributed by atoms with Crippen molar-refractivity contribution < 1.29 is 9.90 Å². The average molecular weight is 326 g/mol. The number of carbonyl (C=O) groups is 1. The van der Waals surface area contributed by atoms with Gasteiger partial charge in [0.1, 0.15) is 4.64 Å². The second-order valence-electron chi connectivity index (χ2n) is 5.60. The van der Waals surface area contributed by atoms with Gasteiger partial charge in [-0.2, -0.15) is 5.26 Å². The molecule has 1 N–H and O–H groups in total. The van der Waals surface area contributed by atoms with E-state index in [1.807, 2.05) is 36.7 Å². The van der Waals surface area contributed by atoms with Crippen molar-refractivity contribution in [2.45, 2.75) is 32.4 Å². The average Bonchev–Trinajstić information content (AvgIpc) is 2.54. The van der Waals surface area contributed by atoms with Gasteiger partial charge in [-0.3, -0.25) is 4.79 Å². The summed E-state index contributed by atoms with van der Waals surface area (Å²) >= 11 is 5.40. The number of nitriles is 1. The normalized spacial score (nSPS) is 12.0. The molecular formula is C18H18N2O2S. The van der Waals surface area contributed by atoms with Gasteiger partial charge in [0, 0.05) is 29.8 Å². The van der Waals surface area contributed by atoms with E-state index in [2.05, 4.69) is 0 Å². The lowest BCUT2D eigenvalue weighted by Crippen LogP contribution is -2.11. The summed E-state index contributed by atoms with van der Waals surface area (Å²) in [7, 11) is 0. The van der Waals surface area contributed by atoms with Crippen LogP contribution in [0.2, 0.25) is 0 Å². The number of hydrogen-bond donors (Lipinski definition) is 1. The molecule has 0 amide bonds. The van der Waals surface area contributed by atoms with Gasteiger partial charge >= 0.3 is 0 Å². The van der Waals surface area contributed by atoms with Crippen LogP contribution in [0.1, 0.15) is 53.9 Å². The molecule has 23 heavy (non-hydrogen) atoms. The number of rotatable bonds is 5. The van der Waals surface area contributed by atoms with Crippen molar-refractivity contribution in [3.05, 3.63) is 63.9 Å². The molecule has 2 aromatic rings. The molecule has 0 aliphatic carbocycles. The molecule has 118 valence electrons. The van der Waals surface area contributed by atoms with E-state index in [1.54, 1.807) is 30.3 Å². The van der Waals surface area contributed by atoms with Crippen LogP contribution in [0.3, 0.4) is 0 Å². The molecule has 0 saturated carbocycles. The van der Waals surface area contributed by atoms with Crippen molar-refractivity contribution >= 4 is 18.0 Å². The van der Waals surface area contributed by atoms with Crippen molar-refractivity contribution in [1.29, 1.82) is 5.26 Å². The van der Waals surface area contributed by atoms with E-state index in [4.69, 9.17) is 17.5 Å². The van der Waals surface area contributed by atoms with E-state index in [9.17, 15) is 9.90 Å². The van der Waals surface area contributed by atoms with Gasteiger partial charge in [0.05, 0.1) is 17.7 Å². The van der Waals surface area contributed by atoms with Crippen LogP contribution < -0.4 is 0 Å². The molecule has 0 bridgehead atoms. The Morgan fingerprint density at radius 2 is 1.96 bits per heavy atom. The monoisotopic (exact) mass is 326 g/mol. The summed E-state index contributed by atoms with van der Waals surface area (Å²) in [5.41, 5.74) is 1.55. The molecule has 2 rings (SSSR count). The summed E-state index contributed by atoms with van der Waals surface area (Å²) in [5, 5.41) is 19.2. The first-order valence-corrected chi connectivity index (χ1v) is 7.77. The van der Waals surface area contributed by atoms with Gasteiger partial charge < -0.3 is 9.67 Å². The zero-order valence-corrected chi connectivity index (χ0v) is 13.9. The molecule has 1 heterocycles. The highest BCUT2D eigenvalue weighted by Gasteiger charge is 2.17. The lowest BCUT2D eigenvalue weighted by atomic mass is 10.0. The predicted molar refractivity (Wildman–Crippen MR) is 90.7 cm³/mol. The number of pyridine rings is 1. The van der Waals surface area contributed by atoms with E-state index in [0.717, 1.165) is 0 Å². The Bertz CT molecular complexity index is 801. The first-order valence-electron chi connectivity index (χ1n) is 7.36. The molecule has 1 unspecified atom stereocenters. The molecule has 1 aromatic carbocycles. The number of aliphatic hydroxyl groups is 1. The Labute approximate surface area is 140 Å². The predicted octanol–water partition coefficient (Wildman–Crippen LogP) is 3.98. The van der Waals surface area contributed by atoms with Crippen LogP contribution in [0, 0.1) is 16.0 Å². The fraction of sp³-hybridized carbons (Fsp3) is 0.278. The Kier molecular flexibility index (Phi) is 5.43. The molecule has 0 spiro atoms. The third-order valence-corrected chi connectivity index (χ3v) is 4.08. The van der Waals surface area contributed by atoms with Gasteiger partial charge in [-0.1, -0.05) is 30.4 Å². The standard InChI is InChI=1S/C18H18N2O2S/c1-12(2)20-9-3-4-15(18(20)23)17(22)10-16(21)14-7-5-13(11-19)6-8-14/h3-9,12,17,22H,10H2,1-2H3. The van der Waals surface area contributed by atoms with E-state index < -0.39 is 6.10 Å². The number of aromatic nitrogens is 1. The molecular weight excluding hydrogens is 308 g/mol. The lowest BCUT2D eigenvalue weighted by Gasteiger charge is -2.16. The second kappa shape index (κ2) is 7.32. The zero-order valence-electron chi connectivity index (χ0n) is 13.1. The van der Waals surface area contributed by atoms with Gasteiger partial charge in [0.2, 0.25) is 0 Å². The number of hydrogen-bond acceptors (Lipinski definition) is 4. The minimum Gasteiger partial charge on any atom is -0.388 e. The van der Waals surface area contributed by atoms with Crippen LogP contribution in [0.15, 0.2) is 42.6 Å². The third-order valence-electron chi connectivity index (χ3n) is 3.63. The number of benzene rings is 1. The van der Waals surface area contributed by atoms with Crippen molar-refractivity contribution in [2.75, 3.05) is 0 Å². The summed E-state index contributed by atoms with van der Waals surface area (Å²) in [6.45, 7) is 4.02. The topological polar surface area (TPSA) is 66.0 Å². The van der Waals surface area contributed by atoms with Gasteiger partial charge in [-0.05, 0) is 32.0 Å². The van der Waals surface area contributed by atoms with E-state index in [1.165, 1.54) is 0 Å². The van der Waals surface area contributed by atoms with Crippen LogP contribution >= 0.6 is 12.2 Å². The van der Waals surface area contributed by atoms with Gasteiger partial charge in [-0.25, -0.2) is 0 Å². The van der Waals surface area contributed by atoms with Crippen molar-refractivity contribution in [3.8, 4) is 6.07 Å². The quantitative estimate of drug-likeness (QED) is 0.667. The summed E-state index contributed by atoms with van der Waals surface area (Å²) in [6.07, 6.45) is 0.875. The summed E-state index contributed by atoms with van der Waals surface area (Å²) in [4.78, 5) is 12.3. The fourth-order valence-corrected chi connectivity index (χ4v) is 2.80. The SMILES string of the molecule is CC(C)n1cccc(C(O)CC(=O)c2ccc(C#N)cc2)c1=S.